The summed E-state index contributed by atoms with van der Waals surface area (Å²) in [5.41, 5.74) is 0. The summed E-state index contributed by atoms with van der Waals surface area (Å²) in [4.78, 5) is 12.2. The first kappa shape index (κ1) is 18.5. The number of hydrogen-bond donors (Lipinski definition) is 1. The third kappa shape index (κ3) is 4.49. The second-order valence-corrected chi connectivity index (χ2v) is 11.5. The highest BCUT2D eigenvalue weighted by Crippen LogP contribution is 2.48. The zero-order chi connectivity index (χ0) is 15.6. The van der Waals surface area contributed by atoms with E-state index in [4.69, 9.17) is 0 Å². The molecule has 20 heavy (non-hydrogen) atoms. The highest BCUT2D eigenvalue weighted by atomic mass is 32.2. The van der Waals surface area contributed by atoms with Gasteiger partial charge >= 0.3 is 0 Å². The SMILES string of the molecule is CC(=O)C1([C@H](CC(C)C)NS(=O)C(C)(C)C)SCCS1. The number of Topliss-reactive ketones (excluding diaryl/α,β-unsaturated/α-hetero) is 1. The lowest BCUT2D eigenvalue weighted by atomic mass is 9.99. The Balaban J connectivity index is 2.99. The van der Waals surface area contributed by atoms with Crippen LogP contribution in [0, 0.1) is 5.92 Å². The van der Waals surface area contributed by atoms with Crippen LogP contribution in [-0.4, -0.2) is 36.4 Å². The van der Waals surface area contributed by atoms with Crippen molar-refractivity contribution in [3.8, 4) is 0 Å². The van der Waals surface area contributed by atoms with Gasteiger partial charge in [0.1, 0.15) is 4.08 Å². The Morgan fingerprint density at radius 3 is 2.15 bits per heavy atom. The Morgan fingerprint density at radius 2 is 1.80 bits per heavy atom. The molecule has 0 bridgehead atoms. The van der Waals surface area contributed by atoms with E-state index in [0.717, 1.165) is 17.9 Å². The highest BCUT2D eigenvalue weighted by Gasteiger charge is 2.48. The number of carbonyl (C=O) groups is 1. The Morgan fingerprint density at radius 1 is 1.30 bits per heavy atom. The van der Waals surface area contributed by atoms with Crippen molar-refractivity contribution in [2.45, 2.75) is 62.8 Å². The first-order chi connectivity index (χ1) is 9.09. The van der Waals surface area contributed by atoms with Crippen LogP contribution in [0.15, 0.2) is 0 Å². The number of thioether (sulfide) groups is 2. The first-order valence-electron chi connectivity index (χ1n) is 7.06. The summed E-state index contributed by atoms with van der Waals surface area (Å²) in [6.45, 7) is 11.8. The van der Waals surface area contributed by atoms with Crippen LogP contribution >= 0.6 is 23.5 Å². The Kier molecular flexibility index (Phi) is 6.63. The van der Waals surface area contributed by atoms with Crippen molar-refractivity contribution in [2.75, 3.05) is 11.5 Å². The van der Waals surface area contributed by atoms with Gasteiger partial charge in [0.15, 0.2) is 5.78 Å². The van der Waals surface area contributed by atoms with Crippen molar-refractivity contribution in [1.82, 2.24) is 4.72 Å². The van der Waals surface area contributed by atoms with Gasteiger partial charge in [0.2, 0.25) is 0 Å². The van der Waals surface area contributed by atoms with E-state index in [0.29, 0.717) is 5.92 Å². The standard InChI is InChI=1S/C14H27NO2S3/c1-10(2)9-12(15-20(17)13(4,5)6)14(11(3)16)18-7-8-19-14/h10,12,15H,7-9H2,1-6H3/t12-,20?/m0/s1. The predicted octanol–water partition coefficient (Wildman–Crippen LogP) is 3.22. The Bertz CT molecular complexity index is 371. The summed E-state index contributed by atoms with van der Waals surface area (Å²) in [5, 5.41) is 0. The molecule has 118 valence electrons. The van der Waals surface area contributed by atoms with Crippen LogP contribution in [0.3, 0.4) is 0 Å². The first-order valence-corrected chi connectivity index (χ1v) is 10.2. The van der Waals surface area contributed by atoms with Crippen molar-refractivity contribution in [1.29, 1.82) is 0 Å². The average Bonchev–Trinajstić information content (AvgIpc) is 2.76. The van der Waals surface area contributed by atoms with Gasteiger partial charge in [-0.3, -0.25) is 4.79 Å². The third-order valence-electron chi connectivity index (χ3n) is 3.18. The van der Waals surface area contributed by atoms with Crippen LogP contribution in [0.2, 0.25) is 0 Å². The van der Waals surface area contributed by atoms with Gasteiger partial charge in [0, 0.05) is 11.5 Å². The summed E-state index contributed by atoms with van der Waals surface area (Å²) < 4.78 is 14.9. The molecule has 0 aromatic rings. The summed E-state index contributed by atoms with van der Waals surface area (Å²) >= 11 is 3.43. The van der Waals surface area contributed by atoms with Crippen molar-refractivity contribution >= 4 is 40.3 Å². The number of hydrogen-bond acceptors (Lipinski definition) is 4. The lowest BCUT2D eigenvalue weighted by Crippen LogP contribution is -2.53. The number of rotatable bonds is 6. The van der Waals surface area contributed by atoms with Gasteiger partial charge in [-0.25, -0.2) is 8.93 Å². The van der Waals surface area contributed by atoms with E-state index >= 15 is 0 Å². The van der Waals surface area contributed by atoms with Gasteiger partial charge in [0.05, 0.1) is 21.8 Å². The van der Waals surface area contributed by atoms with Crippen LogP contribution in [-0.2, 0) is 15.8 Å². The van der Waals surface area contributed by atoms with E-state index in [-0.39, 0.29) is 16.6 Å². The van der Waals surface area contributed by atoms with Crippen LogP contribution in [0.4, 0.5) is 0 Å². The fourth-order valence-corrected chi connectivity index (χ4v) is 6.40. The summed E-state index contributed by atoms with van der Waals surface area (Å²) in [5.74, 6) is 2.63. The maximum Gasteiger partial charge on any atom is 0.157 e. The van der Waals surface area contributed by atoms with E-state index in [1.54, 1.807) is 30.4 Å². The second kappa shape index (κ2) is 7.16. The number of ketones is 1. The summed E-state index contributed by atoms with van der Waals surface area (Å²) in [6.07, 6.45) is 0.863. The molecule has 1 aliphatic heterocycles. The van der Waals surface area contributed by atoms with Crippen LogP contribution in [0.5, 0.6) is 0 Å². The fraction of sp³-hybridized carbons (Fsp3) is 0.929. The molecule has 0 spiro atoms. The topological polar surface area (TPSA) is 46.2 Å². The molecule has 1 unspecified atom stereocenters. The molecule has 0 radical (unpaired) electrons. The summed E-state index contributed by atoms with van der Waals surface area (Å²) in [6, 6.07) is -0.0439. The number of carbonyl (C=O) groups excluding carboxylic acids is 1. The minimum atomic E-state index is -1.15. The molecule has 1 rings (SSSR count). The molecule has 1 saturated heterocycles. The maximum absolute atomic E-state index is 12.4. The molecule has 1 N–H and O–H groups in total. The smallest absolute Gasteiger partial charge is 0.157 e. The van der Waals surface area contributed by atoms with Crippen molar-refractivity contribution < 1.29 is 9.00 Å². The minimum Gasteiger partial charge on any atom is -0.297 e. The monoisotopic (exact) mass is 337 g/mol. The van der Waals surface area contributed by atoms with Gasteiger partial charge in [-0.05, 0) is 40.0 Å². The van der Waals surface area contributed by atoms with Crippen molar-refractivity contribution in [2.24, 2.45) is 5.92 Å². The molecule has 0 amide bonds. The quantitative estimate of drug-likeness (QED) is 0.808. The Labute approximate surface area is 134 Å². The van der Waals surface area contributed by atoms with Crippen LogP contribution < -0.4 is 4.72 Å². The molecular formula is C14H27NO2S3. The van der Waals surface area contributed by atoms with Gasteiger partial charge in [0.25, 0.3) is 0 Å². The van der Waals surface area contributed by atoms with Crippen molar-refractivity contribution in [3.63, 3.8) is 0 Å². The summed E-state index contributed by atoms with van der Waals surface area (Å²) in [7, 11) is -1.15. The molecular weight excluding hydrogens is 310 g/mol. The molecule has 0 saturated carbocycles. The predicted molar refractivity (Wildman–Crippen MR) is 92.6 cm³/mol. The largest absolute Gasteiger partial charge is 0.297 e. The van der Waals surface area contributed by atoms with E-state index in [9.17, 15) is 9.00 Å². The molecule has 1 heterocycles. The van der Waals surface area contributed by atoms with Gasteiger partial charge < -0.3 is 0 Å². The zero-order valence-electron chi connectivity index (χ0n) is 13.3. The second-order valence-electron chi connectivity index (χ2n) is 6.60. The number of nitrogens with one attached hydrogen (secondary N) is 1. The van der Waals surface area contributed by atoms with E-state index < -0.39 is 15.1 Å². The van der Waals surface area contributed by atoms with Gasteiger partial charge in [-0.2, -0.15) is 0 Å². The fourth-order valence-electron chi connectivity index (χ4n) is 2.14. The van der Waals surface area contributed by atoms with E-state index in [1.165, 1.54) is 0 Å². The minimum absolute atomic E-state index is 0.0439. The molecule has 1 fully saturated rings. The van der Waals surface area contributed by atoms with Gasteiger partial charge in [-0.15, -0.1) is 23.5 Å². The van der Waals surface area contributed by atoms with Crippen LogP contribution in [0.1, 0.15) is 48.0 Å². The lowest BCUT2D eigenvalue weighted by molar-refractivity contribution is -0.117. The molecule has 0 aromatic carbocycles. The van der Waals surface area contributed by atoms with E-state index in [1.807, 2.05) is 20.8 Å². The third-order valence-corrected chi connectivity index (χ3v) is 8.57. The molecule has 6 heteroatoms. The van der Waals surface area contributed by atoms with E-state index in [2.05, 4.69) is 18.6 Å². The molecule has 1 aliphatic rings. The normalized spacial score (nSPS) is 21.9. The van der Waals surface area contributed by atoms with Crippen molar-refractivity contribution in [3.05, 3.63) is 0 Å². The Hall–Kier alpha value is 0.480. The lowest BCUT2D eigenvalue weighted by Gasteiger charge is -2.36. The molecule has 0 aromatic heterocycles. The zero-order valence-corrected chi connectivity index (χ0v) is 15.8. The molecule has 2 atom stereocenters. The van der Waals surface area contributed by atoms with Crippen LogP contribution in [0.25, 0.3) is 0 Å². The van der Waals surface area contributed by atoms with Gasteiger partial charge in [-0.1, -0.05) is 13.8 Å². The maximum atomic E-state index is 12.4. The highest BCUT2D eigenvalue weighted by molar-refractivity contribution is 8.22. The molecule has 0 aliphatic carbocycles. The average molecular weight is 338 g/mol. The molecule has 3 nitrogen and oxygen atoms in total.